The van der Waals surface area contributed by atoms with Gasteiger partial charge in [0.2, 0.25) is 0 Å². The fourth-order valence-electron chi connectivity index (χ4n) is 4.18. The number of allylic oxidation sites excluding steroid dienone is 3. The normalized spacial score (nSPS) is 24.5. The molecule has 0 spiro atoms. The van der Waals surface area contributed by atoms with Crippen LogP contribution in [0.3, 0.4) is 0 Å². The molecule has 1 heterocycles. The van der Waals surface area contributed by atoms with Crippen molar-refractivity contribution in [3.05, 3.63) is 41.8 Å². The lowest BCUT2D eigenvalue weighted by molar-refractivity contribution is 0.100. The molecule has 5 N–H and O–H groups in total. The number of aromatic nitrogens is 1. The number of aliphatic imine (C=N–C) groups is 1. The van der Waals surface area contributed by atoms with Crippen molar-refractivity contribution in [2.45, 2.75) is 67.0 Å². The van der Waals surface area contributed by atoms with Crippen LogP contribution < -0.4 is 16.8 Å². The molecule has 0 saturated heterocycles. The van der Waals surface area contributed by atoms with Gasteiger partial charge in [0.05, 0.1) is 12.2 Å². The monoisotopic (exact) mass is 487 g/mol. The predicted octanol–water partition coefficient (Wildman–Crippen LogP) is 5.51. The average Bonchev–Trinajstić information content (AvgIpc) is 3.29. The number of carbonyl (C=O) groups excluding carboxylic acids is 1. The van der Waals surface area contributed by atoms with E-state index in [1.165, 1.54) is 12.3 Å². The standard InChI is InChI=1S/C27H42FN5O2/c1-8-12-27(28)16-26(27,7)17-35-21(29)11-13-31-22-10-9-20(23(30)34)24(33-22)32-15-19(3)18(2)14-25(4,5)6/h8-13,18-19H,14-17,29H2,1-7H3,(H2,30,34)(H,32,33)/b12-8+,21-11?,31-13?/t18-,19+,26?,27?/m0/s1. The minimum atomic E-state index is -1.34. The number of primary amides is 1. The third-order valence-electron chi connectivity index (χ3n) is 6.60. The molecule has 2 unspecified atom stereocenters. The smallest absolute Gasteiger partial charge is 0.252 e. The molecule has 1 aliphatic carbocycles. The number of pyridine rings is 1. The number of carbonyl (C=O) groups is 1. The molecule has 1 fully saturated rings. The summed E-state index contributed by atoms with van der Waals surface area (Å²) in [5, 5.41) is 3.27. The second-order valence-corrected chi connectivity index (χ2v) is 11.3. The Labute approximate surface area is 209 Å². The van der Waals surface area contributed by atoms with Crippen LogP contribution >= 0.6 is 0 Å². The highest BCUT2D eigenvalue weighted by molar-refractivity contribution is 5.97. The summed E-state index contributed by atoms with van der Waals surface area (Å²) >= 11 is 0. The fraction of sp³-hybridized carbons (Fsp3) is 0.593. The summed E-state index contributed by atoms with van der Waals surface area (Å²) in [5.74, 6) is 1.24. The molecule has 35 heavy (non-hydrogen) atoms. The van der Waals surface area contributed by atoms with Crippen LogP contribution in [0.4, 0.5) is 16.0 Å². The van der Waals surface area contributed by atoms with E-state index in [2.05, 4.69) is 49.9 Å². The first-order valence-corrected chi connectivity index (χ1v) is 12.2. The van der Waals surface area contributed by atoms with E-state index in [1.807, 2.05) is 6.92 Å². The van der Waals surface area contributed by atoms with Crippen molar-refractivity contribution in [2.75, 3.05) is 18.5 Å². The van der Waals surface area contributed by atoms with Crippen molar-refractivity contribution in [3.8, 4) is 0 Å². The van der Waals surface area contributed by atoms with Crippen LogP contribution in [-0.4, -0.2) is 35.9 Å². The van der Waals surface area contributed by atoms with Gasteiger partial charge in [-0.15, -0.1) is 0 Å². The molecule has 1 aromatic rings. The highest BCUT2D eigenvalue weighted by Crippen LogP contribution is 2.60. The summed E-state index contributed by atoms with van der Waals surface area (Å²) in [4.78, 5) is 20.6. The molecule has 2 rings (SSSR count). The van der Waals surface area contributed by atoms with E-state index in [0.29, 0.717) is 42.0 Å². The third kappa shape index (κ3) is 8.08. The number of hydrogen-bond acceptors (Lipinski definition) is 6. The van der Waals surface area contributed by atoms with E-state index in [0.717, 1.165) is 6.42 Å². The van der Waals surface area contributed by atoms with E-state index in [1.54, 1.807) is 31.2 Å². The number of amides is 1. The van der Waals surface area contributed by atoms with E-state index < -0.39 is 17.0 Å². The number of nitrogens with two attached hydrogens (primary N) is 2. The molecule has 7 nitrogen and oxygen atoms in total. The first kappa shape index (κ1) is 28.3. The van der Waals surface area contributed by atoms with E-state index in [4.69, 9.17) is 16.2 Å². The van der Waals surface area contributed by atoms with Crippen molar-refractivity contribution in [1.82, 2.24) is 4.98 Å². The van der Waals surface area contributed by atoms with Gasteiger partial charge in [0.15, 0.2) is 11.7 Å². The van der Waals surface area contributed by atoms with Gasteiger partial charge in [-0.2, -0.15) is 0 Å². The maximum absolute atomic E-state index is 14.5. The number of nitrogens with one attached hydrogen (secondary N) is 1. The van der Waals surface area contributed by atoms with E-state index in [-0.39, 0.29) is 17.9 Å². The van der Waals surface area contributed by atoms with Crippen LogP contribution in [0.25, 0.3) is 0 Å². The minimum absolute atomic E-state index is 0.137. The first-order valence-electron chi connectivity index (χ1n) is 12.2. The maximum Gasteiger partial charge on any atom is 0.252 e. The second kappa shape index (κ2) is 11.2. The second-order valence-electron chi connectivity index (χ2n) is 11.3. The van der Waals surface area contributed by atoms with Gasteiger partial charge in [-0.1, -0.05) is 53.7 Å². The van der Waals surface area contributed by atoms with Crippen molar-refractivity contribution < 1.29 is 13.9 Å². The average molecular weight is 488 g/mol. The number of nitrogens with zero attached hydrogens (tertiary/aromatic N) is 2. The molecule has 1 amide bonds. The van der Waals surface area contributed by atoms with Gasteiger partial charge < -0.3 is 21.5 Å². The number of alkyl halides is 1. The molecule has 0 bridgehead atoms. The molecular weight excluding hydrogens is 445 g/mol. The van der Waals surface area contributed by atoms with Crippen LogP contribution in [-0.2, 0) is 4.74 Å². The van der Waals surface area contributed by atoms with E-state index >= 15 is 0 Å². The molecule has 0 aromatic carbocycles. The summed E-state index contributed by atoms with van der Waals surface area (Å²) in [7, 11) is 0. The molecule has 0 radical (unpaired) electrons. The van der Waals surface area contributed by atoms with Crippen LogP contribution in [0.5, 0.6) is 0 Å². The summed E-state index contributed by atoms with van der Waals surface area (Å²) in [6.45, 7) is 15.6. The Morgan fingerprint density at radius 1 is 1.31 bits per heavy atom. The summed E-state index contributed by atoms with van der Waals surface area (Å²) in [5.41, 5.74) is 10.1. The summed E-state index contributed by atoms with van der Waals surface area (Å²) in [6.07, 6.45) is 7.73. The third-order valence-corrected chi connectivity index (χ3v) is 6.60. The van der Waals surface area contributed by atoms with Gasteiger partial charge in [0.1, 0.15) is 11.5 Å². The number of anilines is 1. The molecule has 8 heteroatoms. The number of hydrogen-bond donors (Lipinski definition) is 3. The van der Waals surface area contributed by atoms with Crippen LogP contribution in [0, 0.1) is 22.7 Å². The van der Waals surface area contributed by atoms with Gasteiger partial charge in [-0.05, 0) is 49.1 Å². The Kier molecular flexibility index (Phi) is 9.09. The SMILES string of the molecule is C/C=C/C1(F)CC1(C)COC(N)=CC=Nc1ccc(C(N)=O)c(NC[C@@H](C)[C@@H](C)CC(C)(C)C)n1. The Morgan fingerprint density at radius 3 is 2.60 bits per heavy atom. The highest BCUT2D eigenvalue weighted by Gasteiger charge is 2.64. The summed E-state index contributed by atoms with van der Waals surface area (Å²) in [6, 6.07) is 3.21. The molecule has 1 saturated carbocycles. The lowest BCUT2D eigenvalue weighted by atomic mass is 9.80. The van der Waals surface area contributed by atoms with Gasteiger partial charge in [0, 0.05) is 24.3 Å². The molecule has 4 atom stereocenters. The van der Waals surface area contributed by atoms with Crippen LogP contribution in [0.2, 0.25) is 0 Å². The summed E-state index contributed by atoms with van der Waals surface area (Å²) < 4.78 is 20.1. The van der Waals surface area contributed by atoms with Crippen molar-refractivity contribution >= 4 is 23.8 Å². The number of ether oxygens (including phenoxy) is 1. The van der Waals surface area contributed by atoms with Gasteiger partial charge in [-0.25, -0.2) is 14.4 Å². The van der Waals surface area contributed by atoms with Gasteiger partial charge >= 0.3 is 0 Å². The van der Waals surface area contributed by atoms with Crippen molar-refractivity contribution in [3.63, 3.8) is 0 Å². The van der Waals surface area contributed by atoms with Crippen molar-refractivity contribution in [1.29, 1.82) is 0 Å². The highest BCUT2D eigenvalue weighted by atomic mass is 19.1. The zero-order chi connectivity index (χ0) is 26.4. The molecule has 194 valence electrons. The fourth-order valence-corrected chi connectivity index (χ4v) is 4.18. The topological polar surface area (TPSA) is 116 Å². The van der Waals surface area contributed by atoms with Gasteiger partial charge in [0.25, 0.3) is 5.91 Å². The largest absolute Gasteiger partial charge is 0.479 e. The first-order chi connectivity index (χ1) is 16.2. The molecular formula is C27H42FN5O2. The lowest BCUT2D eigenvalue weighted by Crippen LogP contribution is -2.24. The van der Waals surface area contributed by atoms with E-state index in [9.17, 15) is 9.18 Å². The quantitative estimate of drug-likeness (QED) is 0.204. The molecule has 0 aliphatic heterocycles. The number of halogens is 1. The lowest BCUT2D eigenvalue weighted by Gasteiger charge is -2.28. The predicted molar refractivity (Wildman–Crippen MR) is 141 cm³/mol. The number of rotatable bonds is 12. The van der Waals surface area contributed by atoms with Crippen molar-refractivity contribution in [2.24, 2.45) is 39.1 Å². The Hall–Kier alpha value is -2.90. The van der Waals surface area contributed by atoms with Gasteiger partial charge in [-0.3, -0.25) is 4.79 Å². The Morgan fingerprint density at radius 2 is 2.00 bits per heavy atom. The zero-order valence-corrected chi connectivity index (χ0v) is 22.2. The zero-order valence-electron chi connectivity index (χ0n) is 22.2. The van der Waals surface area contributed by atoms with Crippen LogP contribution in [0.15, 0.2) is 41.2 Å². The maximum atomic E-state index is 14.5. The Balaban J connectivity index is 2.01. The molecule has 1 aromatic heterocycles. The minimum Gasteiger partial charge on any atom is -0.479 e. The van der Waals surface area contributed by atoms with Crippen LogP contribution in [0.1, 0.15) is 71.7 Å². The Bertz CT molecular complexity index is 984. The molecule has 1 aliphatic rings.